The van der Waals surface area contributed by atoms with Crippen LogP contribution in [0.2, 0.25) is 0 Å². The molecular weight excluding hydrogens is 323 g/mol. The molecule has 130 valence electrons. The van der Waals surface area contributed by atoms with Crippen LogP contribution in [0.15, 0.2) is 29.3 Å². The second kappa shape index (κ2) is 5.99. The number of likely N-dealkylation sites (tertiary alicyclic amines) is 1. The van der Waals surface area contributed by atoms with E-state index in [2.05, 4.69) is 0 Å². The second-order valence-corrected chi connectivity index (χ2v) is 6.20. The maximum atomic E-state index is 12.9. The number of carbonyl (C=O) groups is 1. The van der Waals surface area contributed by atoms with E-state index in [1.54, 1.807) is 29.9 Å². The summed E-state index contributed by atoms with van der Waals surface area (Å²) in [5, 5.41) is 0.765. The Morgan fingerprint density at radius 1 is 1.29 bits per heavy atom. The normalized spacial score (nSPS) is 19.0. The van der Waals surface area contributed by atoms with Crippen molar-refractivity contribution in [3.63, 3.8) is 0 Å². The molecule has 0 aliphatic carbocycles. The van der Waals surface area contributed by atoms with Gasteiger partial charge in [-0.15, -0.1) is 0 Å². The van der Waals surface area contributed by atoms with E-state index < -0.39 is 18.0 Å². The minimum Gasteiger partial charge on any atom is -0.346 e. The Balaban J connectivity index is 1.79. The Morgan fingerprint density at radius 3 is 2.71 bits per heavy atom. The average molecular weight is 341 g/mol. The van der Waals surface area contributed by atoms with Gasteiger partial charge >= 0.3 is 6.18 Å². The monoisotopic (exact) mass is 341 g/mol. The number of fused-ring (bicyclic) bond motifs is 1. The highest BCUT2D eigenvalue weighted by Crippen LogP contribution is 2.33. The van der Waals surface area contributed by atoms with Gasteiger partial charge in [-0.25, -0.2) is 0 Å². The number of carbonyl (C=O) groups excluding carboxylic acids is 1. The number of aromatic nitrogens is 2. The SMILES string of the molecule is Cn1ccc2ccn(CC(=O)N3CCCC(C(F)(F)F)C3)c(=O)c21. The number of amides is 1. The Hall–Kier alpha value is -2.25. The number of nitrogens with zero attached hydrogens (tertiary/aromatic N) is 3. The van der Waals surface area contributed by atoms with Crippen molar-refractivity contribution in [2.24, 2.45) is 13.0 Å². The average Bonchev–Trinajstić information content (AvgIpc) is 2.91. The quantitative estimate of drug-likeness (QED) is 0.840. The highest BCUT2D eigenvalue weighted by molar-refractivity contribution is 5.80. The van der Waals surface area contributed by atoms with Crippen molar-refractivity contribution in [2.75, 3.05) is 13.1 Å². The molecule has 1 fully saturated rings. The van der Waals surface area contributed by atoms with E-state index in [-0.39, 0.29) is 25.1 Å². The Kier molecular flexibility index (Phi) is 4.15. The van der Waals surface area contributed by atoms with Crippen LogP contribution in [0.1, 0.15) is 12.8 Å². The van der Waals surface area contributed by atoms with Crippen molar-refractivity contribution in [3.8, 4) is 0 Å². The zero-order valence-electron chi connectivity index (χ0n) is 13.2. The van der Waals surface area contributed by atoms with Crippen molar-refractivity contribution < 1.29 is 18.0 Å². The van der Waals surface area contributed by atoms with Crippen LogP contribution in [-0.4, -0.2) is 39.2 Å². The molecule has 24 heavy (non-hydrogen) atoms. The third-order valence-electron chi connectivity index (χ3n) is 4.54. The molecule has 8 heteroatoms. The minimum absolute atomic E-state index is 0.0442. The molecule has 0 saturated carbocycles. The lowest BCUT2D eigenvalue weighted by atomic mass is 9.97. The van der Waals surface area contributed by atoms with E-state index in [4.69, 9.17) is 0 Å². The number of pyridine rings is 1. The van der Waals surface area contributed by atoms with Crippen molar-refractivity contribution >= 4 is 16.8 Å². The fourth-order valence-electron chi connectivity index (χ4n) is 3.17. The highest BCUT2D eigenvalue weighted by Gasteiger charge is 2.42. The predicted octanol–water partition coefficient (Wildman–Crippen LogP) is 2.14. The van der Waals surface area contributed by atoms with Crippen molar-refractivity contribution in [1.82, 2.24) is 14.0 Å². The number of hydrogen-bond donors (Lipinski definition) is 0. The van der Waals surface area contributed by atoms with E-state index in [1.807, 2.05) is 0 Å². The molecule has 1 saturated heterocycles. The first-order valence-corrected chi connectivity index (χ1v) is 7.76. The standard InChI is InChI=1S/C16H18F3N3O2/c1-20-7-4-11-5-8-22(15(24)14(11)20)10-13(23)21-6-2-3-12(9-21)16(17,18)19/h4-5,7-8,12H,2-3,6,9-10H2,1H3. The van der Waals surface area contributed by atoms with Crippen LogP contribution in [-0.2, 0) is 18.4 Å². The van der Waals surface area contributed by atoms with Crippen LogP contribution >= 0.6 is 0 Å². The molecule has 1 atom stereocenters. The summed E-state index contributed by atoms with van der Waals surface area (Å²) in [6.45, 7) is -0.277. The van der Waals surface area contributed by atoms with Gasteiger partial charge in [0, 0.05) is 37.9 Å². The lowest BCUT2D eigenvalue weighted by molar-refractivity contribution is -0.188. The van der Waals surface area contributed by atoms with Crippen molar-refractivity contribution in [3.05, 3.63) is 34.9 Å². The first-order chi connectivity index (χ1) is 11.3. The summed E-state index contributed by atoms with van der Waals surface area (Å²) in [4.78, 5) is 26.0. The van der Waals surface area contributed by atoms with E-state index in [1.165, 1.54) is 15.7 Å². The van der Waals surface area contributed by atoms with Crippen molar-refractivity contribution in [1.29, 1.82) is 0 Å². The molecule has 1 aliphatic rings. The molecule has 5 nitrogen and oxygen atoms in total. The summed E-state index contributed by atoms with van der Waals surface area (Å²) in [7, 11) is 1.73. The molecule has 0 N–H and O–H groups in total. The first kappa shape index (κ1) is 16.6. The summed E-state index contributed by atoms with van der Waals surface area (Å²) in [5.41, 5.74) is 0.148. The molecule has 2 aromatic heterocycles. The topological polar surface area (TPSA) is 47.2 Å². The smallest absolute Gasteiger partial charge is 0.346 e. The zero-order chi connectivity index (χ0) is 17.5. The zero-order valence-corrected chi connectivity index (χ0v) is 13.2. The lowest BCUT2D eigenvalue weighted by Gasteiger charge is -2.33. The summed E-state index contributed by atoms with van der Waals surface area (Å²) in [6.07, 6.45) is -0.674. The number of piperidine rings is 1. The van der Waals surface area contributed by atoms with Gasteiger partial charge < -0.3 is 14.0 Å². The van der Waals surface area contributed by atoms with Crippen LogP contribution in [0.3, 0.4) is 0 Å². The molecular formula is C16H18F3N3O2. The van der Waals surface area contributed by atoms with Gasteiger partial charge in [0.2, 0.25) is 5.91 Å². The van der Waals surface area contributed by atoms with Crippen LogP contribution in [0.4, 0.5) is 13.2 Å². The van der Waals surface area contributed by atoms with Crippen LogP contribution < -0.4 is 5.56 Å². The van der Waals surface area contributed by atoms with E-state index >= 15 is 0 Å². The predicted molar refractivity (Wildman–Crippen MR) is 82.5 cm³/mol. The van der Waals surface area contributed by atoms with Crippen LogP contribution in [0.25, 0.3) is 10.9 Å². The number of hydrogen-bond acceptors (Lipinski definition) is 2. The van der Waals surface area contributed by atoms with Gasteiger partial charge in [0.05, 0.1) is 5.92 Å². The summed E-state index contributed by atoms with van der Waals surface area (Å²) >= 11 is 0. The van der Waals surface area contributed by atoms with Gasteiger partial charge in [-0.3, -0.25) is 9.59 Å². The van der Waals surface area contributed by atoms with Gasteiger partial charge in [0.15, 0.2) is 0 Å². The van der Waals surface area contributed by atoms with E-state index in [0.29, 0.717) is 18.5 Å². The van der Waals surface area contributed by atoms with Crippen LogP contribution in [0.5, 0.6) is 0 Å². The molecule has 3 heterocycles. The van der Waals surface area contributed by atoms with E-state index in [9.17, 15) is 22.8 Å². The molecule has 0 radical (unpaired) electrons. The molecule has 3 rings (SSSR count). The largest absolute Gasteiger partial charge is 0.393 e. The molecule has 1 unspecified atom stereocenters. The fraction of sp³-hybridized carbons (Fsp3) is 0.500. The number of aryl methyl sites for hydroxylation is 1. The second-order valence-electron chi connectivity index (χ2n) is 6.20. The summed E-state index contributed by atoms with van der Waals surface area (Å²) in [5.74, 6) is -1.94. The molecule has 0 aromatic carbocycles. The molecule has 1 amide bonds. The highest BCUT2D eigenvalue weighted by atomic mass is 19.4. The summed E-state index contributed by atoms with van der Waals surface area (Å²) < 4.78 is 41.5. The van der Waals surface area contributed by atoms with Crippen molar-refractivity contribution in [2.45, 2.75) is 25.6 Å². The Bertz CT molecular complexity index is 822. The molecule has 1 aliphatic heterocycles. The number of alkyl halides is 3. The maximum absolute atomic E-state index is 12.9. The maximum Gasteiger partial charge on any atom is 0.393 e. The molecule has 0 bridgehead atoms. The number of rotatable bonds is 2. The minimum atomic E-state index is -4.29. The van der Waals surface area contributed by atoms with Gasteiger partial charge in [-0.2, -0.15) is 13.2 Å². The lowest BCUT2D eigenvalue weighted by Crippen LogP contribution is -2.46. The van der Waals surface area contributed by atoms with E-state index in [0.717, 1.165) is 5.39 Å². The summed E-state index contributed by atoms with van der Waals surface area (Å²) in [6, 6.07) is 3.51. The Labute approximate surface area is 136 Å². The van der Waals surface area contributed by atoms with Gasteiger partial charge in [-0.1, -0.05) is 0 Å². The number of halogens is 3. The third kappa shape index (κ3) is 3.05. The van der Waals surface area contributed by atoms with Gasteiger partial charge in [0.1, 0.15) is 12.1 Å². The van der Waals surface area contributed by atoms with Gasteiger partial charge in [-0.05, 0) is 25.0 Å². The third-order valence-corrected chi connectivity index (χ3v) is 4.54. The Morgan fingerprint density at radius 2 is 2.00 bits per heavy atom. The molecule has 0 spiro atoms. The van der Waals surface area contributed by atoms with Crippen LogP contribution in [0, 0.1) is 5.92 Å². The molecule has 2 aromatic rings. The van der Waals surface area contributed by atoms with Gasteiger partial charge in [0.25, 0.3) is 5.56 Å². The fourth-order valence-corrected chi connectivity index (χ4v) is 3.17. The first-order valence-electron chi connectivity index (χ1n) is 7.76.